The van der Waals surface area contributed by atoms with Gasteiger partial charge in [-0.3, -0.25) is 0 Å². The van der Waals surface area contributed by atoms with E-state index in [9.17, 15) is 4.39 Å². The van der Waals surface area contributed by atoms with E-state index >= 15 is 0 Å². The zero-order chi connectivity index (χ0) is 12.4. The summed E-state index contributed by atoms with van der Waals surface area (Å²) < 4.78 is 20.2. The van der Waals surface area contributed by atoms with Crippen molar-refractivity contribution in [3.05, 3.63) is 56.6 Å². The lowest BCUT2D eigenvalue weighted by Crippen LogP contribution is -2.17. The molecule has 0 aliphatic rings. The van der Waals surface area contributed by atoms with Crippen molar-refractivity contribution in [1.29, 1.82) is 0 Å². The molecular formula is C12H10Br2FNO. The molecule has 5 heteroatoms. The van der Waals surface area contributed by atoms with Crippen LogP contribution in [0.2, 0.25) is 0 Å². The third-order valence-electron chi connectivity index (χ3n) is 2.47. The lowest BCUT2D eigenvalue weighted by molar-refractivity contribution is 0.459. The van der Waals surface area contributed by atoms with Gasteiger partial charge >= 0.3 is 0 Å². The maximum atomic E-state index is 13.5. The van der Waals surface area contributed by atoms with Gasteiger partial charge in [0.2, 0.25) is 0 Å². The summed E-state index contributed by atoms with van der Waals surface area (Å²) in [6.07, 6.45) is 1.60. The topological polar surface area (TPSA) is 25.2 Å². The second-order valence-electron chi connectivity index (χ2n) is 3.53. The summed E-state index contributed by atoms with van der Waals surface area (Å²) >= 11 is 6.54. The smallest absolute Gasteiger partial charge is 0.139 e. The van der Waals surface area contributed by atoms with Crippen molar-refractivity contribution >= 4 is 31.9 Å². The molecule has 0 radical (unpaired) electrons. The Labute approximate surface area is 115 Å². The Morgan fingerprint density at radius 1 is 1.24 bits per heavy atom. The average Bonchev–Trinajstić information content (AvgIpc) is 2.71. The fraction of sp³-hybridized carbons (Fsp3) is 0.167. The molecule has 0 aliphatic carbocycles. The van der Waals surface area contributed by atoms with E-state index < -0.39 is 0 Å². The number of hydrogen-bond acceptors (Lipinski definition) is 2. The maximum absolute atomic E-state index is 13.5. The molecule has 1 aromatic heterocycles. The molecule has 0 fully saturated rings. The standard InChI is InChI=1S/C12H10Br2FNO/c1-16-11(12-9(14)4-5-17-12)7-2-3-8(13)10(15)6-7/h2-6,11,16H,1H3. The summed E-state index contributed by atoms with van der Waals surface area (Å²) in [5, 5.41) is 3.10. The van der Waals surface area contributed by atoms with Crippen molar-refractivity contribution < 1.29 is 8.81 Å². The van der Waals surface area contributed by atoms with Gasteiger partial charge in [0.1, 0.15) is 11.6 Å². The number of rotatable bonds is 3. The van der Waals surface area contributed by atoms with Crippen LogP contribution in [0.3, 0.4) is 0 Å². The molecule has 1 atom stereocenters. The van der Waals surface area contributed by atoms with Crippen LogP contribution < -0.4 is 5.32 Å². The predicted octanol–water partition coefficient (Wildman–Crippen LogP) is 4.25. The highest BCUT2D eigenvalue weighted by molar-refractivity contribution is 9.10. The Hall–Kier alpha value is -0.650. The molecule has 0 amide bonds. The Bertz CT molecular complexity index is 527. The molecule has 1 aromatic carbocycles. The van der Waals surface area contributed by atoms with E-state index in [1.54, 1.807) is 19.4 Å². The molecule has 0 aliphatic heterocycles. The van der Waals surface area contributed by atoms with E-state index in [0.717, 1.165) is 15.8 Å². The number of benzene rings is 1. The van der Waals surface area contributed by atoms with Crippen molar-refractivity contribution in [2.45, 2.75) is 6.04 Å². The van der Waals surface area contributed by atoms with Gasteiger partial charge in [-0.25, -0.2) is 4.39 Å². The monoisotopic (exact) mass is 361 g/mol. The summed E-state index contributed by atoms with van der Waals surface area (Å²) in [5.74, 6) is 0.444. The summed E-state index contributed by atoms with van der Waals surface area (Å²) in [4.78, 5) is 0. The molecular weight excluding hydrogens is 353 g/mol. The van der Waals surface area contributed by atoms with Crippen LogP contribution in [-0.2, 0) is 0 Å². The van der Waals surface area contributed by atoms with Crippen LogP contribution in [0, 0.1) is 5.82 Å². The first-order chi connectivity index (χ1) is 8.13. The quantitative estimate of drug-likeness (QED) is 0.882. The third kappa shape index (κ3) is 2.61. The van der Waals surface area contributed by atoms with Gasteiger partial charge in [-0.15, -0.1) is 0 Å². The SMILES string of the molecule is CNC(c1ccc(Br)c(F)c1)c1occc1Br. The Morgan fingerprint density at radius 2 is 2.00 bits per heavy atom. The molecule has 90 valence electrons. The van der Waals surface area contributed by atoms with Gasteiger partial charge in [-0.2, -0.15) is 0 Å². The highest BCUT2D eigenvalue weighted by Gasteiger charge is 2.19. The van der Waals surface area contributed by atoms with Crippen LogP contribution in [-0.4, -0.2) is 7.05 Å². The average molecular weight is 363 g/mol. The van der Waals surface area contributed by atoms with E-state index in [2.05, 4.69) is 37.2 Å². The van der Waals surface area contributed by atoms with Crippen molar-refractivity contribution in [2.75, 3.05) is 7.05 Å². The first-order valence-corrected chi connectivity index (χ1v) is 6.57. The number of halogens is 3. The molecule has 2 rings (SSSR count). The van der Waals surface area contributed by atoms with E-state index in [0.29, 0.717) is 4.47 Å². The molecule has 17 heavy (non-hydrogen) atoms. The minimum Gasteiger partial charge on any atom is -0.466 e. The van der Waals surface area contributed by atoms with Gasteiger partial charge in [0.25, 0.3) is 0 Å². The number of hydrogen-bond donors (Lipinski definition) is 1. The molecule has 1 heterocycles. The lowest BCUT2D eigenvalue weighted by atomic mass is 10.0. The zero-order valence-electron chi connectivity index (χ0n) is 9.01. The summed E-state index contributed by atoms with van der Waals surface area (Å²) in [5.41, 5.74) is 0.809. The maximum Gasteiger partial charge on any atom is 0.139 e. The lowest BCUT2D eigenvalue weighted by Gasteiger charge is -2.15. The second-order valence-corrected chi connectivity index (χ2v) is 5.24. The largest absolute Gasteiger partial charge is 0.466 e. The molecule has 0 spiro atoms. The second kappa shape index (κ2) is 5.33. The van der Waals surface area contributed by atoms with E-state index in [1.165, 1.54) is 6.07 Å². The fourth-order valence-electron chi connectivity index (χ4n) is 1.65. The van der Waals surface area contributed by atoms with Crippen molar-refractivity contribution in [2.24, 2.45) is 0 Å². The third-order valence-corrected chi connectivity index (χ3v) is 3.77. The normalized spacial score (nSPS) is 12.7. The van der Waals surface area contributed by atoms with Crippen LogP contribution in [0.1, 0.15) is 17.4 Å². The van der Waals surface area contributed by atoms with Gasteiger partial charge in [0, 0.05) is 0 Å². The minimum atomic E-state index is -0.287. The van der Waals surface area contributed by atoms with E-state index in [-0.39, 0.29) is 11.9 Å². The van der Waals surface area contributed by atoms with Gasteiger partial charge in [0.05, 0.1) is 21.3 Å². The van der Waals surface area contributed by atoms with E-state index in [1.807, 2.05) is 12.1 Å². The zero-order valence-corrected chi connectivity index (χ0v) is 12.2. The highest BCUT2D eigenvalue weighted by atomic mass is 79.9. The predicted molar refractivity (Wildman–Crippen MR) is 71.4 cm³/mol. The molecule has 0 saturated heterocycles. The summed E-state index contributed by atoms with van der Waals surface area (Å²) in [6, 6.07) is 6.66. The van der Waals surface area contributed by atoms with Gasteiger partial charge in [0.15, 0.2) is 0 Å². The van der Waals surface area contributed by atoms with Crippen LogP contribution in [0.15, 0.2) is 43.9 Å². The molecule has 1 N–H and O–H groups in total. The Morgan fingerprint density at radius 3 is 2.53 bits per heavy atom. The van der Waals surface area contributed by atoms with Crippen LogP contribution in [0.5, 0.6) is 0 Å². The first kappa shape index (κ1) is 12.8. The highest BCUT2D eigenvalue weighted by Crippen LogP contribution is 2.30. The number of nitrogens with one attached hydrogen (secondary N) is 1. The summed E-state index contributed by atoms with van der Waals surface area (Å²) in [7, 11) is 1.81. The number of furan rings is 1. The Balaban J connectivity index is 2.42. The molecule has 1 unspecified atom stereocenters. The first-order valence-electron chi connectivity index (χ1n) is 4.98. The van der Waals surface area contributed by atoms with Crippen LogP contribution in [0.25, 0.3) is 0 Å². The summed E-state index contributed by atoms with van der Waals surface area (Å²) in [6.45, 7) is 0. The van der Waals surface area contributed by atoms with Crippen molar-refractivity contribution in [3.8, 4) is 0 Å². The van der Waals surface area contributed by atoms with Gasteiger partial charge in [-0.05, 0) is 62.7 Å². The van der Waals surface area contributed by atoms with E-state index in [4.69, 9.17) is 4.42 Å². The molecule has 2 aromatic rings. The molecule has 2 nitrogen and oxygen atoms in total. The minimum absolute atomic E-state index is 0.179. The van der Waals surface area contributed by atoms with Gasteiger partial charge < -0.3 is 9.73 Å². The van der Waals surface area contributed by atoms with Gasteiger partial charge in [-0.1, -0.05) is 6.07 Å². The van der Waals surface area contributed by atoms with Crippen LogP contribution >= 0.6 is 31.9 Å². The molecule has 0 bridgehead atoms. The fourth-order valence-corrected chi connectivity index (χ4v) is 2.33. The molecule has 0 saturated carbocycles. The van der Waals surface area contributed by atoms with Crippen molar-refractivity contribution in [1.82, 2.24) is 5.32 Å². The van der Waals surface area contributed by atoms with Crippen LogP contribution in [0.4, 0.5) is 4.39 Å². The van der Waals surface area contributed by atoms with Crippen molar-refractivity contribution in [3.63, 3.8) is 0 Å². The Kier molecular flexibility index (Phi) is 4.01.